The van der Waals surface area contributed by atoms with Crippen LogP contribution in [0, 0.1) is 0 Å². The lowest BCUT2D eigenvalue weighted by Crippen LogP contribution is -2.35. The Hall–Kier alpha value is -1.92. The van der Waals surface area contributed by atoms with E-state index in [1.807, 2.05) is 0 Å². The lowest BCUT2D eigenvalue weighted by molar-refractivity contribution is -0.138. The molecule has 0 spiro atoms. The quantitative estimate of drug-likeness (QED) is 0.839. The van der Waals surface area contributed by atoms with Crippen LogP contribution < -0.4 is 0 Å². The highest BCUT2D eigenvalue weighted by Crippen LogP contribution is 2.22. The van der Waals surface area contributed by atoms with E-state index in [2.05, 4.69) is 0 Å². The molecule has 0 heterocycles. The molecule has 0 bridgehead atoms. The largest absolute Gasteiger partial charge is 0.508 e. The maximum atomic E-state index is 12.0. The van der Waals surface area contributed by atoms with Gasteiger partial charge in [0, 0.05) is 18.7 Å². The minimum Gasteiger partial charge on any atom is -0.508 e. The maximum absolute atomic E-state index is 12.0. The summed E-state index contributed by atoms with van der Waals surface area (Å²) in [7, 11) is 0.983. The molecule has 94 valence electrons. The van der Waals surface area contributed by atoms with Crippen molar-refractivity contribution in [2.75, 3.05) is 13.6 Å². The third-order valence-electron chi connectivity index (χ3n) is 1.91. The van der Waals surface area contributed by atoms with Crippen molar-refractivity contribution in [3.63, 3.8) is 0 Å². The van der Waals surface area contributed by atoms with Crippen LogP contribution in [0.15, 0.2) is 18.2 Å². The SMILES string of the molecule is CN(CC(F)(F)F)C(=O)c1cc(O)cc(O)c1. The second kappa shape index (κ2) is 4.52. The second-order valence-corrected chi connectivity index (χ2v) is 3.51. The van der Waals surface area contributed by atoms with Crippen molar-refractivity contribution in [2.24, 2.45) is 0 Å². The summed E-state index contributed by atoms with van der Waals surface area (Å²) < 4.78 is 36.1. The fourth-order valence-electron chi connectivity index (χ4n) is 1.28. The predicted molar refractivity (Wildman–Crippen MR) is 52.8 cm³/mol. The molecule has 0 atom stereocenters. The molecule has 0 saturated carbocycles. The summed E-state index contributed by atoms with van der Waals surface area (Å²) in [5, 5.41) is 18.2. The fraction of sp³-hybridized carbons (Fsp3) is 0.300. The van der Waals surface area contributed by atoms with E-state index in [0.29, 0.717) is 4.90 Å². The van der Waals surface area contributed by atoms with E-state index in [9.17, 15) is 18.0 Å². The molecule has 0 saturated heterocycles. The van der Waals surface area contributed by atoms with Crippen LogP contribution in [0.2, 0.25) is 0 Å². The number of phenols is 2. The van der Waals surface area contributed by atoms with Gasteiger partial charge in [0.25, 0.3) is 5.91 Å². The van der Waals surface area contributed by atoms with E-state index in [4.69, 9.17) is 10.2 Å². The monoisotopic (exact) mass is 249 g/mol. The van der Waals surface area contributed by atoms with Crippen LogP contribution in [0.4, 0.5) is 13.2 Å². The maximum Gasteiger partial charge on any atom is 0.406 e. The van der Waals surface area contributed by atoms with Gasteiger partial charge in [-0.25, -0.2) is 0 Å². The number of halogens is 3. The molecule has 0 aliphatic carbocycles. The van der Waals surface area contributed by atoms with Gasteiger partial charge in [-0.05, 0) is 12.1 Å². The molecule has 0 aromatic heterocycles. The van der Waals surface area contributed by atoms with Gasteiger partial charge in [-0.2, -0.15) is 13.2 Å². The van der Waals surface area contributed by atoms with Gasteiger partial charge >= 0.3 is 6.18 Å². The minimum atomic E-state index is -4.50. The number of aromatic hydroxyl groups is 2. The van der Waals surface area contributed by atoms with Crippen LogP contribution in [-0.4, -0.2) is 40.8 Å². The average molecular weight is 249 g/mol. The number of alkyl halides is 3. The number of benzene rings is 1. The Kier molecular flexibility index (Phi) is 3.50. The van der Waals surface area contributed by atoms with E-state index in [1.54, 1.807) is 0 Å². The van der Waals surface area contributed by atoms with Crippen LogP contribution in [0.5, 0.6) is 11.5 Å². The fourth-order valence-corrected chi connectivity index (χ4v) is 1.28. The smallest absolute Gasteiger partial charge is 0.406 e. The molecule has 4 nitrogen and oxygen atoms in total. The molecule has 1 amide bonds. The van der Waals surface area contributed by atoms with Gasteiger partial charge in [0.2, 0.25) is 0 Å². The van der Waals surface area contributed by atoms with E-state index in [1.165, 1.54) is 0 Å². The number of carbonyl (C=O) groups excluding carboxylic acids is 1. The molecule has 17 heavy (non-hydrogen) atoms. The van der Waals surface area contributed by atoms with Crippen molar-refractivity contribution >= 4 is 5.91 Å². The summed E-state index contributed by atoms with van der Waals surface area (Å²) in [5.74, 6) is -1.73. The van der Waals surface area contributed by atoms with Crippen LogP contribution in [0.3, 0.4) is 0 Å². The number of hydrogen-bond donors (Lipinski definition) is 2. The van der Waals surface area contributed by atoms with Gasteiger partial charge < -0.3 is 15.1 Å². The van der Waals surface area contributed by atoms with Crippen LogP contribution in [0.1, 0.15) is 10.4 Å². The van der Waals surface area contributed by atoms with E-state index < -0.39 is 30.1 Å². The zero-order valence-electron chi connectivity index (χ0n) is 8.82. The molecular formula is C10H10F3NO3. The first kappa shape index (κ1) is 13.1. The van der Waals surface area contributed by atoms with Crippen molar-refractivity contribution in [2.45, 2.75) is 6.18 Å². The highest BCUT2D eigenvalue weighted by Gasteiger charge is 2.31. The second-order valence-electron chi connectivity index (χ2n) is 3.51. The van der Waals surface area contributed by atoms with Crippen molar-refractivity contribution in [3.8, 4) is 11.5 Å². The molecule has 7 heteroatoms. The Balaban J connectivity index is 2.89. The van der Waals surface area contributed by atoms with Gasteiger partial charge in [-0.1, -0.05) is 0 Å². The average Bonchev–Trinajstić information content (AvgIpc) is 2.12. The van der Waals surface area contributed by atoms with Gasteiger partial charge in [0.1, 0.15) is 18.0 Å². The Morgan fingerprint density at radius 3 is 2.12 bits per heavy atom. The molecule has 0 unspecified atom stereocenters. The van der Waals surface area contributed by atoms with E-state index >= 15 is 0 Å². The summed E-state index contributed by atoms with van der Waals surface area (Å²) in [6, 6.07) is 2.93. The topological polar surface area (TPSA) is 60.8 Å². The lowest BCUT2D eigenvalue weighted by Gasteiger charge is -2.19. The first-order chi connectivity index (χ1) is 7.69. The Morgan fingerprint density at radius 1 is 1.24 bits per heavy atom. The van der Waals surface area contributed by atoms with Crippen LogP contribution in [-0.2, 0) is 0 Å². The van der Waals surface area contributed by atoms with Gasteiger partial charge in [0.05, 0.1) is 0 Å². The number of hydrogen-bond acceptors (Lipinski definition) is 3. The van der Waals surface area contributed by atoms with Crippen molar-refractivity contribution in [1.29, 1.82) is 0 Å². The van der Waals surface area contributed by atoms with E-state index in [0.717, 1.165) is 25.2 Å². The molecule has 0 fully saturated rings. The molecule has 0 aliphatic rings. The summed E-state index contributed by atoms with van der Waals surface area (Å²) in [6.07, 6.45) is -4.50. The molecule has 2 N–H and O–H groups in total. The zero-order valence-corrected chi connectivity index (χ0v) is 8.82. The standard InChI is InChI=1S/C10H10F3NO3/c1-14(5-10(11,12)13)9(17)6-2-7(15)4-8(16)3-6/h2-4,15-16H,5H2,1H3. The number of nitrogens with zero attached hydrogens (tertiary/aromatic N) is 1. The molecular weight excluding hydrogens is 239 g/mol. The van der Waals surface area contributed by atoms with Crippen LogP contribution >= 0.6 is 0 Å². The number of amides is 1. The first-order valence-corrected chi connectivity index (χ1v) is 4.54. The molecule has 0 aliphatic heterocycles. The van der Waals surface area contributed by atoms with E-state index in [-0.39, 0.29) is 5.56 Å². The normalized spacial score (nSPS) is 11.3. The Labute approximate surface area is 94.9 Å². The summed E-state index contributed by atoms with van der Waals surface area (Å²) in [4.78, 5) is 12.0. The molecule has 1 aromatic rings. The van der Waals surface area contributed by atoms with Crippen LogP contribution in [0.25, 0.3) is 0 Å². The Bertz CT molecular complexity index is 411. The van der Waals surface area contributed by atoms with Crippen molar-refractivity contribution in [3.05, 3.63) is 23.8 Å². The lowest BCUT2D eigenvalue weighted by atomic mass is 10.2. The van der Waals surface area contributed by atoms with Crippen molar-refractivity contribution < 1.29 is 28.2 Å². The molecule has 0 radical (unpaired) electrons. The number of phenolic OH excluding ortho intramolecular Hbond substituents is 2. The highest BCUT2D eigenvalue weighted by atomic mass is 19.4. The summed E-state index contributed by atoms with van der Waals surface area (Å²) in [5.41, 5.74) is -0.214. The van der Waals surface area contributed by atoms with Gasteiger partial charge in [0.15, 0.2) is 0 Å². The first-order valence-electron chi connectivity index (χ1n) is 4.54. The number of rotatable bonds is 2. The third kappa shape index (κ3) is 3.86. The van der Waals surface area contributed by atoms with Crippen molar-refractivity contribution in [1.82, 2.24) is 4.90 Å². The van der Waals surface area contributed by atoms with Gasteiger partial charge in [-0.3, -0.25) is 4.79 Å². The predicted octanol–water partition coefficient (Wildman–Crippen LogP) is 1.73. The zero-order chi connectivity index (χ0) is 13.2. The minimum absolute atomic E-state index is 0.214. The van der Waals surface area contributed by atoms with Gasteiger partial charge in [-0.15, -0.1) is 0 Å². The Morgan fingerprint density at radius 2 is 1.71 bits per heavy atom. The highest BCUT2D eigenvalue weighted by molar-refractivity contribution is 5.94. The molecule has 1 aromatic carbocycles. The third-order valence-corrected chi connectivity index (χ3v) is 1.91. The molecule has 1 rings (SSSR count). The summed E-state index contributed by atoms with van der Waals surface area (Å²) >= 11 is 0. The summed E-state index contributed by atoms with van der Waals surface area (Å²) in [6.45, 7) is -1.40. The number of carbonyl (C=O) groups is 1.